The summed E-state index contributed by atoms with van der Waals surface area (Å²) in [6.07, 6.45) is 6.00. The fourth-order valence-electron chi connectivity index (χ4n) is 9.17. The monoisotopic (exact) mass is 846 g/mol. The van der Waals surface area contributed by atoms with Crippen LogP contribution in [0.3, 0.4) is 0 Å². The second-order valence-corrected chi connectivity index (χ2v) is 17.6. The summed E-state index contributed by atoms with van der Waals surface area (Å²) < 4.78 is 24.0. The molecule has 5 N–H and O–H groups in total. The van der Waals surface area contributed by atoms with Crippen molar-refractivity contribution in [3.05, 3.63) is 58.0 Å². The van der Waals surface area contributed by atoms with Crippen LogP contribution in [0.2, 0.25) is 0 Å². The fraction of sp³-hybridized carbons (Fsp3) is 0.587. The molecule has 1 amide bonds. The lowest BCUT2D eigenvalue weighted by atomic mass is 9.78. The smallest absolute Gasteiger partial charge is 0.312 e. The average molecular weight is 847 g/mol. The minimum absolute atomic E-state index is 0.0363. The number of anilines is 1. The number of ether oxygens (including phenoxy) is 4. The summed E-state index contributed by atoms with van der Waals surface area (Å²) in [4.78, 5) is 53.7. The predicted molar refractivity (Wildman–Crippen MR) is 228 cm³/mol. The number of methoxy groups -OCH3 is 1. The molecule has 15 heteroatoms. The zero-order chi connectivity index (χ0) is 44.9. The summed E-state index contributed by atoms with van der Waals surface area (Å²) in [5, 5.41) is 50.2. The molecule has 4 aliphatic rings. The average Bonchev–Trinajstić information content (AvgIpc) is 3.73. The highest BCUT2D eigenvalue weighted by Crippen LogP contribution is 2.50. The van der Waals surface area contributed by atoms with Gasteiger partial charge >= 0.3 is 11.8 Å². The molecule has 10 atom stereocenters. The van der Waals surface area contributed by atoms with Crippen LogP contribution in [0.4, 0.5) is 5.69 Å². The second-order valence-electron chi connectivity index (χ2n) is 17.6. The van der Waals surface area contributed by atoms with Crippen molar-refractivity contribution in [3.63, 3.8) is 0 Å². The van der Waals surface area contributed by atoms with Gasteiger partial charge in [0.05, 0.1) is 40.9 Å². The van der Waals surface area contributed by atoms with Crippen LogP contribution in [0, 0.1) is 30.6 Å². The molecule has 1 spiro atoms. The third-order valence-electron chi connectivity index (χ3n) is 13.4. The van der Waals surface area contributed by atoms with Gasteiger partial charge in [-0.1, -0.05) is 52.8 Å². The third-order valence-corrected chi connectivity index (χ3v) is 13.4. The Kier molecular flexibility index (Phi) is 13.1. The molecule has 1 unspecified atom stereocenters. The molecular formula is C46H62N4O11. The number of aliphatic hydroxyl groups excluding tert-OH is 2. The van der Waals surface area contributed by atoms with E-state index in [1.165, 1.54) is 27.2 Å². The normalized spacial score (nSPS) is 31.2. The predicted octanol–water partition coefficient (Wildman–Crippen LogP) is 4.89. The third kappa shape index (κ3) is 8.29. The molecule has 0 aliphatic carbocycles. The number of Topliss-reactive ketones (excluding diaryl/α,β-unsaturated/α-hetero) is 1. The molecule has 4 bridgehead atoms. The first-order chi connectivity index (χ1) is 28.7. The zero-order valence-electron chi connectivity index (χ0n) is 37.1. The Hall–Kier alpha value is -4.83. The number of esters is 1. The summed E-state index contributed by atoms with van der Waals surface area (Å²) in [5.74, 6) is -6.90. The number of nitrogens with zero attached hydrogens (tertiary/aromatic N) is 3. The number of benzene rings is 2. The number of nitrogens with one attached hydrogen (secondary N) is 1. The number of ketones is 1. The number of likely N-dealkylation sites (tertiary alicyclic amines) is 1. The quantitative estimate of drug-likeness (QED) is 0.206. The number of rotatable bonds is 4. The van der Waals surface area contributed by atoms with Crippen LogP contribution in [0.15, 0.2) is 46.1 Å². The van der Waals surface area contributed by atoms with E-state index in [2.05, 4.69) is 24.1 Å². The van der Waals surface area contributed by atoms with Gasteiger partial charge in [-0.25, -0.2) is 0 Å². The number of phenols is 2. The topological polar surface area (TPSA) is 209 Å². The lowest BCUT2D eigenvalue weighted by Gasteiger charge is -2.38. The van der Waals surface area contributed by atoms with Crippen molar-refractivity contribution >= 4 is 34.1 Å². The SMILES string of the molecule is CCC(C)N1CCC2(CC1)N=c1c3c(O)c4c(O)c(C)c5c(c4c1=N2)C(=O)[C@@](C)(OC=C[C@H](OC)[C@@H](C)[C@@H](OC(C)=O)[C@H](C)[C@H](O)[C@H](C)[C@@H](O)[C@@H](C)C=CC=C(C)C(=O)N3)O5. The van der Waals surface area contributed by atoms with Crippen molar-refractivity contribution in [2.75, 3.05) is 25.5 Å². The number of allylic oxidation sites excluding steroid dienone is 2. The Labute approximate surface area is 356 Å². The molecule has 0 saturated carbocycles. The molecule has 4 heterocycles. The molecule has 0 aromatic heterocycles. The summed E-state index contributed by atoms with van der Waals surface area (Å²) in [6.45, 7) is 18.6. The molecule has 6 rings (SSSR count). The van der Waals surface area contributed by atoms with Crippen molar-refractivity contribution in [3.8, 4) is 17.2 Å². The van der Waals surface area contributed by atoms with E-state index < -0.39 is 82.9 Å². The first-order valence-electron chi connectivity index (χ1n) is 21.3. The van der Waals surface area contributed by atoms with Crippen molar-refractivity contribution in [2.24, 2.45) is 33.7 Å². The lowest BCUT2D eigenvalue weighted by molar-refractivity contribution is -0.160. The van der Waals surface area contributed by atoms with E-state index in [0.29, 0.717) is 32.0 Å². The van der Waals surface area contributed by atoms with Gasteiger partial charge in [0.25, 0.3) is 11.7 Å². The summed E-state index contributed by atoms with van der Waals surface area (Å²) in [7, 11) is 1.47. The highest BCUT2D eigenvalue weighted by molar-refractivity contribution is 6.19. The van der Waals surface area contributed by atoms with Crippen molar-refractivity contribution < 1.29 is 53.8 Å². The molecule has 1 saturated heterocycles. The van der Waals surface area contributed by atoms with E-state index in [1.54, 1.807) is 65.8 Å². The van der Waals surface area contributed by atoms with Gasteiger partial charge in [-0.15, -0.1) is 0 Å². The number of piperidine rings is 1. The van der Waals surface area contributed by atoms with Crippen molar-refractivity contribution in [1.82, 2.24) is 4.90 Å². The molecule has 4 aliphatic heterocycles. The summed E-state index contributed by atoms with van der Waals surface area (Å²) >= 11 is 0. The first kappa shape index (κ1) is 45.7. The summed E-state index contributed by atoms with van der Waals surface area (Å²) in [6, 6.07) is 0.351. The molecule has 332 valence electrons. The van der Waals surface area contributed by atoms with Crippen LogP contribution in [-0.2, 0) is 23.8 Å². The van der Waals surface area contributed by atoms with Crippen LogP contribution < -0.4 is 20.8 Å². The maximum atomic E-state index is 14.7. The van der Waals surface area contributed by atoms with Crippen LogP contribution in [0.5, 0.6) is 17.2 Å². The maximum Gasteiger partial charge on any atom is 0.312 e. The number of aromatic hydroxyl groups is 2. The van der Waals surface area contributed by atoms with Gasteiger partial charge in [0.1, 0.15) is 28.6 Å². The Morgan fingerprint density at radius 2 is 1.64 bits per heavy atom. The van der Waals surface area contributed by atoms with E-state index in [4.69, 9.17) is 28.9 Å². The number of carbonyl (C=O) groups is 3. The molecule has 2 aromatic carbocycles. The Morgan fingerprint density at radius 3 is 2.26 bits per heavy atom. The fourth-order valence-corrected chi connectivity index (χ4v) is 9.17. The molecule has 0 radical (unpaired) electrons. The summed E-state index contributed by atoms with van der Waals surface area (Å²) in [5.41, 5.74) is -0.576. The van der Waals surface area contributed by atoms with E-state index in [0.717, 1.165) is 6.42 Å². The minimum Gasteiger partial charge on any atom is -0.507 e. The van der Waals surface area contributed by atoms with E-state index in [-0.39, 0.29) is 55.4 Å². The molecule has 1 fully saturated rings. The number of phenolic OH excluding ortho intramolecular Hbond substituents is 2. The Bertz CT molecular complexity index is 2300. The van der Waals surface area contributed by atoms with Crippen LogP contribution >= 0.6 is 0 Å². The highest BCUT2D eigenvalue weighted by Gasteiger charge is 2.50. The Balaban J connectivity index is 1.55. The van der Waals surface area contributed by atoms with Gasteiger partial charge in [-0.3, -0.25) is 24.4 Å². The minimum atomic E-state index is -1.96. The van der Waals surface area contributed by atoms with Crippen LogP contribution in [0.1, 0.15) is 97.5 Å². The molecule has 15 nitrogen and oxygen atoms in total. The van der Waals surface area contributed by atoms with Gasteiger partial charge in [-0.2, -0.15) is 0 Å². The second kappa shape index (κ2) is 17.5. The highest BCUT2D eigenvalue weighted by atomic mass is 16.7. The number of carbonyl (C=O) groups excluding carboxylic acids is 3. The van der Waals surface area contributed by atoms with Crippen molar-refractivity contribution in [2.45, 2.75) is 130 Å². The number of fused-ring (bicyclic) bond motifs is 1. The van der Waals surface area contributed by atoms with E-state index >= 15 is 0 Å². The van der Waals surface area contributed by atoms with Gasteiger partial charge < -0.3 is 49.6 Å². The zero-order valence-corrected chi connectivity index (χ0v) is 37.1. The Morgan fingerprint density at radius 1 is 0.984 bits per heavy atom. The lowest BCUT2D eigenvalue weighted by Crippen LogP contribution is -2.46. The van der Waals surface area contributed by atoms with E-state index in [1.807, 2.05) is 0 Å². The molecule has 2 aromatic rings. The largest absolute Gasteiger partial charge is 0.507 e. The number of hydrogen-bond donors (Lipinski definition) is 5. The number of amides is 1. The van der Waals surface area contributed by atoms with Gasteiger partial charge in [0.15, 0.2) is 11.4 Å². The van der Waals surface area contributed by atoms with E-state index in [9.17, 15) is 34.8 Å². The van der Waals surface area contributed by atoms with Crippen molar-refractivity contribution in [1.29, 1.82) is 0 Å². The van der Waals surface area contributed by atoms with Crippen LogP contribution in [-0.4, -0.2) is 105 Å². The maximum absolute atomic E-state index is 14.7. The van der Waals surface area contributed by atoms with Crippen LogP contribution in [0.25, 0.3) is 10.8 Å². The number of aliphatic hydroxyl groups is 2. The first-order valence-corrected chi connectivity index (χ1v) is 21.3. The standard InChI is InChI=1S/C46H62N4O11/c1-12-24(4)50-19-17-46(18-20-50)48-34-31-32-39(54)28(8)42-33(31)43(56)45(10,61-42)59-21-16-30(58-11)25(5)41(60-29(9)51)27(7)38(53)26(6)37(52)22(2)14-13-15-23(3)44(57)47-36(40(32)55)35(34)49-46/h13-16,21-22,24-27,30,37-38,41,52-55H,12,17-20H2,1-11H3,(H,47,57)/t22-,24?,25+,26+,27+,30-,37-,38+,41+,45-/m0/s1. The molecular weight excluding hydrogens is 785 g/mol. The van der Waals surface area contributed by atoms with Gasteiger partial charge in [0.2, 0.25) is 0 Å². The molecule has 61 heavy (non-hydrogen) atoms. The number of hydrogen-bond acceptors (Lipinski definition) is 14. The van der Waals surface area contributed by atoms with Gasteiger partial charge in [-0.05, 0) is 33.3 Å². The van der Waals surface area contributed by atoms with Gasteiger partial charge in [0, 0.05) is 93.1 Å².